The van der Waals surface area contributed by atoms with Crippen LogP contribution in [0.3, 0.4) is 0 Å². The van der Waals surface area contributed by atoms with Crippen molar-refractivity contribution in [1.29, 1.82) is 0 Å². The molecule has 0 fully saturated rings. The minimum absolute atomic E-state index is 0.0162. The van der Waals surface area contributed by atoms with Crippen molar-refractivity contribution in [3.8, 4) is 5.75 Å². The molecule has 0 saturated heterocycles. The van der Waals surface area contributed by atoms with E-state index in [-0.39, 0.29) is 28.8 Å². The number of benzene rings is 2. The molecule has 1 heterocycles. The Morgan fingerprint density at radius 2 is 2.03 bits per heavy atom. The number of ether oxygens (including phenoxy) is 1. The van der Waals surface area contributed by atoms with Gasteiger partial charge in [-0.3, -0.25) is 19.7 Å². The number of halogens is 1. The van der Waals surface area contributed by atoms with Gasteiger partial charge in [0.1, 0.15) is 12.4 Å². The van der Waals surface area contributed by atoms with E-state index in [0.717, 1.165) is 12.5 Å². The lowest BCUT2D eigenvalue weighted by Gasteiger charge is -2.27. The summed E-state index contributed by atoms with van der Waals surface area (Å²) in [5.74, 6) is -0.0298. The fourth-order valence-corrected chi connectivity index (χ4v) is 3.43. The van der Waals surface area contributed by atoms with Crippen molar-refractivity contribution >= 4 is 40.5 Å². The normalized spacial score (nSPS) is 15.1. The van der Waals surface area contributed by atoms with Crippen LogP contribution in [-0.2, 0) is 4.79 Å². The second kappa shape index (κ2) is 8.31. The van der Waals surface area contributed by atoms with Crippen LogP contribution < -0.4 is 15.0 Å². The van der Waals surface area contributed by atoms with Crippen molar-refractivity contribution in [2.45, 2.75) is 27.2 Å². The van der Waals surface area contributed by atoms with Gasteiger partial charge in [-0.2, -0.15) is 0 Å². The van der Waals surface area contributed by atoms with Gasteiger partial charge in [-0.15, -0.1) is 0 Å². The zero-order chi connectivity index (χ0) is 22.1. The SMILES string of the molecule is CCCN1C(=O)C(C)(C)COc2cc(NC(=O)c3ccc([N+](=O)[O-])cc3Cl)ccc21. The van der Waals surface area contributed by atoms with Crippen LogP contribution in [0.4, 0.5) is 17.1 Å². The average molecular weight is 432 g/mol. The molecular formula is C21H22ClN3O5. The van der Waals surface area contributed by atoms with Crippen LogP contribution in [0.1, 0.15) is 37.6 Å². The highest BCUT2D eigenvalue weighted by atomic mass is 35.5. The van der Waals surface area contributed by atoms with E-state index in [0.29, 0.717) is 23.7 Å². The molecule has 1 N–H and O–H groups in total. The predicted octanol–water partition coefficient (Wildman–Crippen LogP) is 4.66. The highest BCUT2D eigenvalue weighted by Gasteiger charge is 2.37. The highest BCUT2D eigenvalue weighted by molar-refractivity contribution is 6.34. The van der Waals surface area contributed by atoms with Crippen molar-refractivity contribution < 1.29 is 19.2 Å². The number of amides is 2. The Balaban J connectivity index is 1.88. The number of non-ortho nitro benzene ring substituents is 1. The molecule has 2 aromatic carbocycles. The molecule has 1 aliphatic rings. The largest absolute Gasteiger partial charge is 0.490 e. The van der Waals surface area contributed by atoms with E-state index in [1.165, 1.54) is 12.1 Å². The molecular weight excluding hydrogens is 410 g/mol. The molecule has 30 heavy (non-hydrogen) atoms. The van der Waals surface area contributed by atoms with Gasteiger partial charge in [0.15, 0.2) is 0 Å². The summed E-state index contributed by atoms with van der Waals surface area (Å²) < 4.78 is 5.89. The number of carbonyl (C=O) groups excluding carboxylic acids is 2. The van der Waals surface area contributed by atoms with Crippen LogP contribution in [0, 0.1) is 15.5 Å². The molecule has 9 heteroatoms. The molecule has 3 rings (SSSR count). The summed E-state index contributed by atoms with van der Waals surface area (Å²) in [6, 6.07) is 8.72. The quantitative estimate of drug-likeness (QED) is 0.547. The van der Waals surface area contributed by atoms with Gasteiger partial charge < -0.3 is 15.0 Å². The molecule has 8 nitrogen and oxygen atoms in total. The Labute approximate surface area is 178 Å². The molecule has 0 spiro atoms. The number of nitro groups is 1. The molecule has 2 aromatic rings. The zero-order valence-electron chi connectivity index (χ0n) is 16.9. The number of nitrogens with zero attached hydrogens (tertiary/aromatic N) is 2. The summed E-state index contributed by atoms with van der Waals surface area (Å²) in [6.45, 7) is 6.44. The summed E-state index contributed by atoms with van der Waals surface area (Å²) in [5, 5.41) is 13.5. The van der Waals surface area contributed by atoms with Crippen LogP contribution in [0.5, 0.6) is 5.75 Å². The van der Waals surface area contributed by atoms with Crippen molar-refractivity contribution in [3.63, 3.8) is 0 Å². The minimum atomic E-state index is -0.677. The van der Waals surface area contributed by atoms with Gasteiger partial charge in [-0.1, -0.05) is 18.5 Å². The van der Waals surface area contributed by atoms with Crippen molar-refractivity contribution in [2.24, 2.45) is 5.41 Å². The maximum atomic E-state index is 12.9. The van der Waals surface area contributed by atoms with Crippen molar-refractivity contribution in [3.05, 3.63) is 57.1 Å². The van der Waals surface area contributed by atoms with Gasteiger partial charge in [-0.25, -0.2) is 0 Å². The smallest absolute Gasteiger partial charge is 0.270 e. The summed E-state index contributed by atoms with van der Waals surface area (Å²) in [7, 11) is 0. The first kappa shape index (κ1) is 21.6. The fourth-order valence-electron chi connectivity index (χ4n) is 3.17. The summed E-state index contributed by atoms with van der Waals surface area (Å²) >= 11 is 6.04. The maximum absolute atomic E-state index is 12.9. The third-order valence-electron chi connectivity index (χ3n) is 4.78. The molecule has 0 aromatic heterocycles. The summed E-state index contributed by atoms with van der Waals surface area (Å²) in [4.78, 5) is 37.5. The second-order valence-corrected chi connectivity index (χ2v) is 8.09. The lowest BCUT2D eigenvalue weighted by Crippen LogP contribution is -2.42. The number of rotatable bonds is 5. The molecule has 158 valence electrons. The van der Waals surface area contributed by atoms with Crippen molar-refractivity contribution in [2.75, 3.05) is 23.4 Å². The van der Waals surface area contributed by atoms with E-state index < -0.39 is 16.2 Å². The Hall–Kier alpha value is -3.13. The highest BCUT2D eigenvalue weighted by Crippen LogP contribution is 2.38. The van der Waals surface area contributed by atoms with Gasteiger partial charge in [0.25, 0.3) is 11.6 Å². The Bertz CT molecular complexity index is 1020. The minimum Gasteiger partial charge on any atom is -0.490 e. The van der Waals surface area contributed by atoms with E-state index in [1.54, 1.807) is 23.1 Å². The maximum Gasteiger partial charge on any atom is 0.270 e. The van der Waals surface area contributed by atoms with Gasteiger partial charge in [-0.05, 0) is 38.5 Å². The van der Waals surface area contributed by atoms with Gasteiger partial charge in [0.05, 0.1) is 26.6 Å². The zero-order valence-corrected chi connectivity index (χ0v) is 17.7. The second-order valence-electron chi connectivity index (χ2n) is 7.69. The number of nitro benzene ring substituents is 1. The van der Waals surface area contributed by atoms with E-state index in [2.05, 4.69) is 5.32 Å². The number of hydrogen-bond donors (Lipinski definition) is 1. The monoisotopic (exact) mass is 431 g/mol. The summed E-state index contributed by atoms with van der Waals surface area (Å²) in [6.07, 6.45) is 0.790. The third kappa shape index (κ3) is 4.23. The number of nitrogens with one attached hydrogen (secondary N) is 1. The Morgan fingerprint density at radius 3 is 2.67 bits per heavy atom. The first-order valence-corrected chi connectivity index (χ1v) is 9.86. The molecule has 0 bridgehead atoms. The van der Waals surface area contributed by atoms with Crippen LogP contribution in [0.15, 0.2) is 36.4 Å². The van der Waals surface area contributed by atoms with Crippen LogP contribution >= 0.6 is 11.6 Å². The molecule has 0 atom stereocenters. The molecule has 0 aliphatic carbocycles. The van der Waals surface area contributed by atoms with Gasteiger partial charge in [0.2, 0.25) is 5.91 Å². The number of anilines is 2. The van der Waals surface area contributed by atoms with Gasteiger partial charge in [0, 0.05) is 30.4 Å². The number of carbonyl (C=O) groups is 2. The molecule has 0 saturated carbocycles. The average Bonchev–Trinajstić information content (AvgIpc) is 2.78. The summed E-state index contributed by atoms with van der Waals surface area (Å²) in [5.41, 5.74) is 0.347. The molecule has 0 radical (unpaired) electrons. The van der Waals surface area contributed by atoms with E-state index in [1.807, 2.05) is 20.8 Å². The predicted molar refractivity (Wildman–Crippen MR) is 114 cm³/mol. The van der Waals surface area contributed by atoms with Crippen molar-refractivity contribution in [1.82, 2.24) is 0 Å². The first-order chi connectivity index (χ1) is 14.1. The topological polar surface area (TPSA) is 102 Å². The van der Waals surface area contributed by atoms with Gasteiger partial charge >= 0.3 is 0 Å². The lowest BCUT2D eigenvalue weighted by molar-refractivity contribution is -0.384. The van der Waals surface area contributed by atoms with Crippen LogP contribution in [-0.4, -0.2) is 29.9 Å². The van der Waals surface area contributed by atoms with Crippen LogP contribution in [0.2, 0.25) is 5.02 Å². The number of fused-ring (bicyclic) bond motifs is 1. The molecule has 1 aliphatic heterocycles. The third-order valence-corrected chi connectivity index (χ3v) is 5.09. The van der Waals surface area contributed by atoms with Crippen LogP contribution in [0.25, 0.3) is 0 Å². The van der Waals surface area contributed by atoms with E-state index in [4.69, 9.17) is 16.3 Å². The first-order valence-electron chi connectivity index (χ1n) is 9.48. The Kier molecular flexibility index (Phi) is 5.98. The Morgan fingerprint density at radius 1 is 1.30 bits per heavy atom. The molecule has 2 amide bonds. The van der Waals surface area contributed by atoms with E-state index >= 15 is 0 Å². The molecule has 0 unspecified atom stereocenters. The fraction of sp³-hybridized carbons (Fsp3) is 0.333. The van der Waals surface area contributed by atoms with E-state index in [9.17, 15) is 19.7 Å². The standard InChI is InChI=1S/C21H22ClN3O5/c1-4-9-24-17-8-5-13(10-18(17)30-12-21(2,3)20(24)27)23-19(26)15-7-6-14(25(28)29)11-16(15)22/h5-8,10-11H,4,9,12H2,1-3H3,(H,23,26). The number of hydrogen-bond acceptors (Lipinski definition) is 5. The lowest BCUT2D eigenvalue weighted by atomic mass is 9.93.